The molecule has 3 heteroatoms. The van der Waals surface area contributed by atoms with Crippen molar-refractivity contribution in [2.45, 2.75) is 77.4 Å². The zero-order valence-corrected chi connectivity index (χ0v) is 11.7. The van der Waals surface area contributed by atoms with Crippen LogP contribution in [0.5, 0.6) is 0 Å². The van der Waals surface area contributed by atoms with Crippen LogP contribution in [0.4, 0.5) is 0 Å². The topological polar surface area (TPSA) is 55.5 Å². The van der Waals surface area contributed by atoms with E-state index in [0.29, 0.717) is 13.2 Å². The molecule has 0 bridgehead atoms. The number of nitrogens with two attached hydrogens (primary N) is 1. The fraction of sp³-hybridized carbons (Fsp3) is 1.00. The first-order chi connectivity index (χ1) is 8.20. The molecule has 0 aromatic carbocycles. The van der Waals surface area contributed by atoms with Crippen LogP contribution in [0.2, 0.25) is 0 Å². The molecule has 0 aromatic rings. The summed E-state index contributed by atoms with van der Waals surface area (Å²) in [7, 11) is 0. The molecule has 0 fully saturated rings. The lowest BCUT2D eigenvalue weighted by atomic mass is 10.1. The first kappa shape index (κ1) is 16.9. The Morgan fingerprint density at radius 3 is 2.41 bits per heavy atom. The highest BCUT2D eigenvalue weighted by atomic mass is 16.5. The van der Waals surface area contributed by atoms with Crippen molar-refractivity contribution in [2.24, 2.45) is 5.73 Å². The molecule has 0 aliphatic carbocycles. The molecule has 17 heavy (non-hydrogen) atoms. The second-order valence-electron chi connectivity index (χ2n) is 4.89. The zero-order chi connectivity index (χ0) is 12.9. The lowest BCUT2D eigenvalue weighted by Crippen LogP contribution is -2.25. The smallest absolute Gasteiger partial charge is 0.0617 e. The Balaban J connectivity index is 3.20. The third-order valence-corrected chi connectivity index (χ3v) is 3.09. The van der Waals surface area contributed by atoms with Gasteiger partial charge in [-0.1, -0.05) is 46.0 Å². The van der Waals surface area contributed by atoms with Crippen LogP contribution < -0.4 is 5.73 Å². The Morgan fingerprint density at radius 2 is 1.76 bits per heavy atom. The molecule has 104 valence electrons. The summed E-state index contributed by atoms with van der Waals surface area (Å²) in [6.07, 6.45) is 8.65. The largest absolute Gasteiger partial charge is 0.393 e. The third kappa shape index (κ3) is 12.1. The minimum atomic E-state index is -0.200. The van der Waals surface area contributed by atoms with Crippen LogP contribution in [0, 0.1) is 0 Å². The van der Waals surface area contributed by atoms with Gasteiger partial charge in [-0.15, -0.1) is 0 Å². The standard InChI is InChI=1S/C14H31NO2/c1-3-5-6-7-8-9-14(16)10-11-17-12-13(15)4-2/h13-14,16H,3-12,15H2,1-2H3/t13-,14+/m0/s1. The van der Waals surface area contributed by atoms with Gasteiger partial charge in [0.15, 0.2) is 0 Å². The van der Waals surface area contributed by atoms with E-state index in [0.717, 1.165) is 25.7 Å². The molecule has 0 radical (unpaired) electrons. The van der Waals surface area contributed by atoms with Gasteiger partial charge in [-0.3, -0.25) is 0 Å². The highest BCUT2D eigenvalue weighted by Crippen LogP contribution is 2.09. The number of aliphatic hydroxyl groups excluding tert-OH is 1. The Kier molecular flexibility index (Phi) is 12.3. The molecular weight excluding hydrogens is 214 g/mol. The van der Waals surface area contributed by atoms with Gasteiger partial charge in [-0.25, -0.2) is 0 Å². The van der Waals surface area contributed by atoms with E-state index in [1.807, 2.05) is 0 Å². The lowest BCUT2D eigenvalue weighted by Gasteiger charge is -2.12. The molecule has 0 aliphatic heterocycles. The maximum atomic E-state index is 9.72. The van der Waals surface area contributed by atoms with E-state index in [9.17, 15) is 5.11 Å². The minimum Gasteiger partial charge on any atom is -0.393 e. The van der Waals surface area contributed by atoms with Crippen molar-refractivity contribution in [1.82, 2.24) is 0 Å². The molecule has 0 spiro atoms. The van der Waals surface area contributed by atoms with Crippen molar-refractivity contribution in [3.63, 3.8) is 0 Å². The van der Waals surface area contributed by atoms with E-state index >= 15 is 0 Å². The Labute approximate surface area is 107 Å². The number of hydrogen-bond donors (Lipinski definition) is 2. The molecule has 0 saturated carbocycles. The van der Waals surface area contributed by atoms with E-state index < -0.39 is 0 Å². The first-order valence-corrected chi connectivity index (χ1v) is 7.22. The lowest BCUT2D eigenvalue weighted by molar-refractivity contribution is 0.0701. The quantitative estimate of drug-likeness (QED) is 0.520. The summed E-state index contributed by atoms with van der Waals surface area (Å²) < 4.78 is 5.42. The zero-order valence-electron chi connectivity index (χ0n) is 11.7. The monoisotopic (exact) mass is 245 g/mol. The summed E-state index contributed by atoms with van der Waals surface area (Å²) in [6, 6.07) is 0.140. The van der Waals surface area contributed by atoms with E-state index in [1.54, 1.807) is 0 Å². The molecular formula is C14H31NO2. The Hall–Kier alpha value is -0.120. The Morgan fingerprint density at radius 1 is 1.06 bits per heavy atom. The molecule has 0 aliphatic rings. The average molecular weight is 245 g/mol. The second kappa shape index (κ2) is 12.3. The molecule has 0 amide bonds. The van der Waals surface area contributed by atoms with Gasteiger partial charge in [0, 0.05) is 12.6 Å². The molecule has 2 atom stereocenters. The molecule has 0 rings (SSSR count). The predicted octanol–water partition coefficient (Wildman–Crippen LogP) is 2.85. The highest BCUT2D eigenvalue weighted by molar-refractivity contribution is 4.58. The molecule has 0 unspecified atom stereocenters. The number of rotatable bonds is 12. The van der Waals surface area contributed by atoms with Gasteiger partial charge in [-0.05, 0) is 19.3 Å². The maximum absolute atomic E-state index is 9.72. The summed E-state index contributed by atoms with van der Waals surface area (Å²) >= 11 is 0. The second-order valence-corrected chi connectivity index (χ2v) is 4.89. The predicted molar refractivity (Wildman–Crippen MR) is 73.1 cm³/mol. The van der Waals surface area contributed by atoms with Gasteiger partial charge in [-0.2, -0.15) is 0 Å². The summed E-state index contributed by atoms with van der Waals surface area (Å²) in [6.45, 7) is 5.51. The molecule has 3 N–H and O–H groups in total. The summed E-state index contributed by atoms with van der Waals surface area (Å²) in [5, 5.41) is 9.72. The molecule has 3 nitrogen and oxygen atoms in total. The van der Waals surface area contributed by atoms with Crippen LogP contribution >= 0.6 is 0 Å². The van der Waals surface area contributed by atoms with E-state index in [1.165, 1.54) is 25.7 Å². The van der Waals surface area contributed by atoms with Crippen LogP contribution in [0.25, 0.3) is 0 Å². The fourth-order valence-electron chi connectivity index (χ4n) is 1.70. The highest BCUT2D eigenvalue weighted by Gasteiger charge is 2.04. The number of unbranched alkanes of at least 4 members (excludes halogenated alkanes) is 4. The van der Waals surface area contributed by atoms with Crippen LogP contribution in [-0.4, -0.2) is 30.5 Å². The van der Waals surface area contributed by atoms with Gasteiger partial charge in [0.05, 0.1) is 12.7 Å². The van der Waals surface area contributed by atoms with Crippen LogP contribution in [0.15, 0.2) is 0 Å². The SMILES string of the molecule is CCCCCCC[C@@H](O)CCOC[C@@H](N)CC. The van der Waals surface area contributed by atoms with Crippen molar-refractivity contribution in [2.75, 3.05) is 13.2 Å². The van der Waals surface area contributed by atoms with Crippen LogP contribution in [-0.2, 0) is 4.74 Å². The van der Waals surface area contributed by atoms with Crippen molar-refractivity contribution in [3.8, 4) is 0 Å². The Bertz CT molecular complexity index is 153. The van der Waals surface area contributed by atoms with Gasteiger partial charge in [0.1, 0.15) is 0 Å². The maximum Gasteiger partial charge on any atom is 0.0617 e. The first-order valence-electron chi connectivity index (χ1n) is 7.22. The van der Waals surface area contributed by atoms with Gasteiger partial charge < -0.3 is 15.6 Å². The summed E-state index contributed by atoms with van der Waals surface area (Å²) in [5.41, 5.74) is 5.73. The molecule has 0 aromatic heterocycles. The van der Waals surface area contributed by atoms with E-state index in [-0.39, 0.29) is 12.1 Å². The average Bonchev–Trinajstić information content (AvgIpc) is 2.34. The molecule has 0 heterocycles. The normalized spacial score (nSPS) is 14.8. The third-order valence-electron chi connectivity index (χ3n) is 3.09. The van der Waals surface area contributed by atoms with Gasteiger partial charge in [0.25, 0.3) is 0 Å². The van der Waals surface area contributed by atoms with E-state index in [2.05, 4.69) is 13.8 Å². The van der Waals surface area contributed by atoms with Crippen molar-refractivity contribution >= 4 is 0 Å². The summed E-state index contributed by atoms with van der Waals surface area (Å²) in [5.74, 6) is 0. The fourth-order valence-corrected chi connectivity index (χ4v) is 1.70. The van der Waals surface area contributed by atoms with Crippen molar-refractivity contribution < 1.29 is 9.84 Å². The van der Waals surface area contributed by atoms with E-state index in [4.69, 9.17) is 10.5 Å². The number of ether oxygens (including phenoxy) is 1. The van der Waals surface area contributed by atoms with Crippen LogP contribution in [0.3, 0.4) is 0 Å². The summed E-state index contributed by atoms with van der Waals surface area (Å²) in [4.78, 5) is 0. The minimum absolute atomic E-state index is 0.140. The van der Waals surface area contributed by atoms with Crippen molar-refractivity contribution in [3.05, 3.63) is 0 Å². The van der Waals surface area contributed by atoms with Crippen molar-refractivity contribution in [1.29, 1.82) is 0 Å². The van der Waals surface area contributed by atoms with Crippen LogP contribution in [0.1, 0.15) is 65.2 Å². The number of hydrogen-bond acceptors (Lipinski definition) is 3. The van der Waals surface area contributed by atoms with Gasteiger partial charge in [0.2, 0.25) is 0 Å². The molecule has 0 saturated heterocycles. The van der Waals surface area contributed by atoms with Gasteiger partial charge >= 0.3 is 0 Å². The number of aliphatic hydroxyl groups is 1.